The summed E-state index contributed by atoms with van der Waals surface area (Å²) in [6.07, 6.45) is -0.834. The first-order chi connectivity index (χ1) is 8.18. The molecule has 19 heavy (non-hydrogen) atoms. The molecule has 1 N–H and O–H groups in total. The van der Waals surface area contributed by atoms with Crippen LogP contribution in [0.2, 0.25) is 0 Å². The molecule has 2 heterocycles. The predicted molar refractivity (Wildman–Crippen MR) is 79.6 cm³/mol. The maximum absolute atomic E-state index is 13.2. The second-order valence-electron chi connectivity index (χ2n) is 3.98. The Labute approximate surface area is 132 Å². The Morgan fingerprint density at radius 1 is 1.26 bits per heavy atom. The molecule has 2 rings (SSSR count). The Kier molecular flexibility index (Phi) is 9.02. The average molecular weight is 379 g/mol. The number of alkyl halides is 2. The molecule has 0 aromatic carbocycles. The van der Waals surface area contributed by atoms with E-state index in [-0.39, 0.29) is 24.8 Å². The summed E-state index contributed by atoms with van der Waals surface area (Å²) < 4.78 is 27.0. The zero-order valence-electron chi connectivity index (χ0n) is 10.1. The molecule has 8 heteroatoms. The smallest absolute Gasteiger partial charge is 0.258 e. The third-order valence-corrected chi connectivity index (χ3v) is 3.31. The van der Waals surface area contributed by atoms with Crippen LogP contribution in [0.3, 0.4) is 0 Å². The zero-order valence-corrected chi connectivity index (χ0v) is 13.3. The minimum Gasteiger partial charge on any atom is -0.314 e. The number of hydrogen-bond acceptors (Lipinski definition) is 3. The molecule has 1 atom stereocenters. The van der Waals surface area contributed by atoms with E-state index in [2.05, 4.69) is 26.2 Å². The summed E-state index contributed by atoms with van der Waals surface area (Å²) in [6, 6.07) is 2.49. The molecule has 1 aromatic heterocycles. The van der Waals surface area contributed by atoms with Crippen LogP contribution < -0.4 is 5.32 Å². The van der Waals surface area contributed by atoms with E-state index in [1.165, 1.54) is 0 Å². The maximum Gasteiger partial charge on any atom is 0.258 e. The molecule has 1 aliphatic heterocycles. The Bertz CT molecular complexity index is 379. The highest BCUT2D eigenvalue weighted by molar-refractivity contribution is 9.10. The molecule has 1 fully saturated rings. The molecule has 0 radical (unpaired) electrons. The maximum atomic E-state index is 13.2. The van der Waals surface area contributed by atoms with Crippen LogP contribution in [0, 0.1) is 0 Å². The fourth-order valence-electron chi connectivity index (χ4n) is 2.08. The molecule has 1 saturated heterocycles. The van der Waals surface area contributed by atoms with E-state index in [0.717, 1.165) is 13.1 Å². The summed E-state index contributed by atoms with van der Waals surface area (Å²) >= 11 is 3.22. The number of pyridine rings is 1. The first kappa shape index (κ1) is 19.0. The Balaban J connectivity index is 0.00000162. The van der Waals surface area contributed by atoms with Crippen molar-refractivity contribution >= 4 is 40.7 Å². The van der Waals surface area contributed by atoms with Crippen molar-refractivity contribution in [3.63, 3.8) is 0 Å². The third kappa shape index (κ3) is 5.11. The highest BCUT2D eigenvalue weighted by Gasteiger charge is 2.30. The van der Waals surface area contributed by atoms with Crippen molar-refractivity contribution in [2.45, 2.75) is 12.5 Å². The lowest BCUT2D eigenvalue weighted by atomic mass is 10.1. The third-order valence-electron chi connectivity index (χ3n) is 2.88. The quantitative estimate of drug-likeness (QED) is 0.819. The molecular formula is C11H16BrCl2F2N3. The predicted octanol–water partition coefficient (Wildman–Crippen LogP) is 2.90. The highest BCUT2D eigenvalue weighted by atomic mass is 79.9. The summed E-state index contributed by atoms with van der Waals surface area (Å²) in [5.74, 6) is 0. The van der Waals surface area contributed by atoms with Crippen LogP contribution in [0.25, 0.3) is 0 Å². The standard InChI is InChI=1S/C11H14BrF2N3.2ClH/c12-9-7-8(1-2-16-9)10(11(13)14)17-5-3-15-4-6-17;;/h1-2,7,10-11,15H,3-6H2;2*1H/t10-;;/m1../s1. The molecular weight excluding hydrogens is 363 g/mol. The number of piperazine rings is 1. The summed E-state index contributed by atoms with van der Waals surface area (Å²) in [4.78, 5) is 5.79. The van der Waals surface area contributed by atoms with Crippen molar-refractivity contribution in [2.24, 2.45) is 0 Å². The normalized spacial score (nSPS) is 17.5. The van der Waals surface area contributed by atoms with Gasteiger partial charge in [0.25, 0.3) is 6.43 Å². The zero-order chi connectivity index (χ0) is 12.3. The van der Waals surface area contributed by atoms with E-state index in [1.54, 1.807) is 18.3 Å². The van der Waals surface area contributed by atoms with Gasteiger partial charge in [-0.15, -0.1) is 24.8 Å². The van der Waals surface area contributed by atoms with Crippen LogP contribution in [-0.4, -0.2) is 42.5 Å². The van der Waals surface area contributed by atoms with Crippen LogP contribution >= 0.6 is 40.7 Å². The van der Waals surface area contributed by atoms with Crippen LogP contribution in [0.4, 0.5) is 8.78 Å². The Hall–Kier alpha value is -0.0100. The SMILES string of the molecule is Cl.Cl.FC(F)[C@@H](c1ccnc(Br)c1)N1CCNCC1. The van der Waals surface area contributed by atoms with Gasteiger partial charge in [-0.3, -0.25) is 4.90 Å². The van der Waals surface area contributed by atoms with Gasteiger partial charge in [0.05, 0.1) is 6.04 Å². The number of aromatic nitrogens is 1. The molecule has 0 bridgehead atoms. The van der Waals surface area contributed by atoms with E-state index in [1.807, 2.05) is 4.90 Å². The van der Waals surface area contributed by atoms with Crippen LogP contribution in [0.1, 0.15) is 11.6 Å². The van der Waals surface area contributed by atoms with Gasteiger partial charge in [-0.2, -0.15) is 0 Å². The van der Waals surface area contributed by atoms with Crippen molar-refractivity contribution in [2.75, 3.05) is 26.2 Å². The lowest BCUT2D eigenvalue weighted by Crippen LogP contribution is -2.46. The molecule has 0 aliphatic carbocycles. The van der Waals surface area contributed by atoms with Crippen molar-refractivity contribution in [3.05, 3.63) is 28.5 Å². The lowest BCUT2D eigenvalue weighted by Gasteiger charge is -2.34. The van der Waals surface area contributed by atoms with Gasteiger partial charge in [-0.05, 0) is 33.6 Å². The monoisotopic (exact) mass is 377 g/mol. The van der Waals surface area contributed by atoms with Gasteiger partial charge in [0.2, 0.25) is 0 Å². The average Bonchev–Trinajstić information content (AvgIpc) is 2.30. The Morgan fingerprint density at radius 2 is 1.89 bits per heavy atom. The van der Waals surface area contributed by atoms with Crippen LogP contribution in [-0.2, 0) is 0 Å². The van der Waals surface area contributed by atoms with Gasteiger partial charge in [-0.25, -0.2) is 13.8 Å². The fourth-order valence-corrected chi connectivity index (χ4v) is 2.46. The summed E-state index contributed by atoms with van der Waals surface area (Å²) in [5, 5.41) is 3.16. The van der Waals surface area contributed by atoms with E-state index >= 15 is 0 Å². The minimum absolute atomic E-state index is 0. The topological polar surface area (TPSA) is 28.2 Å². The number of halogens is 5. The molecule has 0 spiro atoms. The second-order valence-corrected chi connectivity index (χ2v) is 4.79. The fraction of sp³-hybridized carbons (Fsp3) is 0.545. The van der Waals surface area contributed by atoms with Crippen molar-refractivity contribution in [1.29, 1.82) is 0 Å². The number of nitrogens with zero attached hydrogens (tertiary/aromatic N) is 2. The lowest BCUT2D eigenvalue weighted by molar-refractivity contribution is 0.0181. The number of nitrogens with one attached hydrogen (secondary N) is 1. The molecule has 1 aromatic rings. The van der Waals surface area contributed by atoms with E-state index in [0.29, 0.717) is 23.3 Å². The number of rotatable bonds is 3. The van der Waals surface area contributed by atoms with Gasteiger partial charge in [-0.1, -0.05) is 0 Å². The van der Waals surface area contributed by atoms with E-state index in [4.69, 9.17) is 0 Å². The number of hydrogen-bond donors (Lipinski definition) is 1. The summed E-state index contributed by atoms with van der Waals surface area (Å²) in [6.45, 7) is 2.81. The van der Waals surface area contributed by atoms with Gasteiger partial charge < -0.3 is 5.32 Å². The van der Waals surface area contributed by atoms with Gasteiger partial charge in [0.1, 0.15) is 4.60 Å². The van der Waals surface area contributed by atoms with Crippen molar-refractivity contribution in [1.82, 2.24) is 15.2 Å². The highest BCUT2D eigenvalue weighted by Crippen LogP contribution is 2.28. The molecule has 1 aliphatic rings. The molecule has 3 nitrogen and oxygen atoms in total. The minimum atomic E-state index is -2.39. The first-order valence-electron chi connectivity index (χ1n) is 5.53. The van der Waals surface area contributed by atoms with Crippen LogP contribution in [0.5, 0.6) is 0 Å². The Morgan fingerprint density at radius 3 is 2.42 bits per heavy atom. The molecule has 0 unspecified atom stereocenters. The van der Waals surface area contributed by atoms with E-state index < -0.39 is 12.5 Å². The van der Waals surface area contributed by atoms with Gasteiger partial charge in [0, 0.05) is 32.4 Å². The van der Waals surface area contributed by atoms with E-state index in [9.17, 15) is 8.78 Å². The van der Waals surface area contributed by atoms with Gasteiger partial charge >= 0.3 is 0 Å². The van der Waals surface area contributed by atoms with Gasteiger partial charge in [0.15, 0.2) is 0 Å². The van der Waals surface area contributed by atoms with Crippen molar-refractivity contribution < 1.29 is 8.78 Å². The molecule has 0 saturated carbocycles. The first-order valence-corrected chi connectivity index (χ1v) is 6.32. The summed E-state index contributed by atoms with van der Waals surface area (Å²) in [7, 11) is 0. The molecule has 0 amide bonds. The van der Waals surface area contributed by atoms with Crippen molar-refractivity contribution in [3.8, 4) is 0 Å². The second kappa shape index (κ2) is 9.02. The molecule has 110 valence electrons. The largest absolute Gasteiger partial charge is 0.314 e. The van der Waals surface area contributed by atoms with Crippen LogP contribution in [0.15, 0.2) is 22.9 Å². The summed E-state index contributed by atoms with van der Waals surface area (Å²) in [5.41, 5.74) is 0.615.